The van der Waals surface area contributed by atoms with Gasteiger partial charge in [-0.2, -0.15) is 0 Å². The molecule has 0 radical (unpaired) electrons. The lowest BCUT2D eigenvalue weighted by Gasteiger charge is -2.10. The molecule has 0 heterocycles. The second-order valence-electron chi connectivity index (χ2n) is 4.39. The van der Waals surface area contributed by atoms with Gasteiger partial charge in [0.05, 0.1) is 0 Å². The van der Waals surface area contributed by atoms with Crippen molar-refractivity contribution in [3.63, 3.8) is 0 Å². The second-order valence-corrected chi connectivity index (χ2v) is 4.39. The second kappa shape index (κ2) is 6.35. The number of carbonyl (C=O) groups excluding carboxylic acids is 1. The quantitative estimate of drug-likeness (QED) is 0.827. The molecule has 0 aliphatic carbocycles. The van der Waals surface area contributed by atoms with Gasteiger partial charge in [-0.3, -0.25) is 4.79 Å². The SMILES string of the molecule is Cc1cc(F)ccc1NC(=O)CCC(C)CN. The number of benzene rings is 1. The lowest BCUT2D eigenvalue weighted by atomic mass is 10.1. The van der Waals surface area contributed by atoms with E-state index in [1.807, 2.05) is 6.92 Å². The molecule has 0 aliphatic heterocycles. The Morgan fingerprint density at radius 3 is 2.82 bits per heavy atom. The minimum atomic E-state index is -0.294. The Labute approximate surface area is 101 Å². The van der Waals surface area contributed by atoms with E-state index in [4.69, 9.17) is 5.73 Å². The Hall–Kier alpha value is -1.42. The monoisotopic (exact) mass is 238 g/mol. The number of nitrogens with one attached hydrogen (secondary N) is 1. The number of nitrogens with two attached hydrogens (primary N) is 1. The predicted octanol–water partition coefficient (Wildman–Crippen LogP) is 2.45. The first-order chi connectivity index (χ1) is 8.02. The van der Waals surface area contributed by atoms with Crippen LogP contribution in [0, 0.1) is 18.7 Å². The van der Waals surface area contributed by atoms with Crippen LogP contribution in [0.3, 0.4) is 0 Å². The first kappa shape index (κ1) is 13.6. The van der Waals surface area contributed by atoms with E-state index >= 15 is 0 Å². The molecule has 1 atom stereocenters. The third kappa shape index (κ3) is 4.53. The van der Waals surface area contributed by atoms with Crippen LogP contribution in [0.25, 0.3) is 0 Å². The van der Waals surface area contributed by atoms with E-state index < -0.39 is 0 Å². The fourth-order valence-corrected chi connectivity index (χ4v) is 1.48. The molecule has 3 N–H and O–H groups in total. The van der Waals surface area contributed by atoms with E-state index in [-0.39, 0.29) is 11.7 Å². The molecule has 0 saturated carbocycles. The van der Waals surface area contributed by atoms with Crippen LogP contribution in [0.4, 0.5) is 10.1 Å². The Kier molecular flexibility index (Phi) is 5.10. The van der Waals surface area contributed by atoms with Crippen LogP contribution in [-0.4, -0.2) is 12.5 Å². The van der Waals surface area contributed by atoms with Crippen molar-refractivity contribution in [3.05, 3.63) is 29.6 Å². The summed E-state index contributed by atoms with van der Waals surface area (Å²) in [4.78, 5) is 11.6. The molecule has 17 heavy (non-hydrogen) atoms. The molecule has 4 heteroatoms. The molecule has 0 bridgehead atoms. The highest BCUT2D eigenvalue weighted by atomic mass is 19.1. The van der Waals surface area contributed by atoms with E-state index in [2.05, 4.69) is 5.32 Å². The number of halogens is 1. The molecule has 0 fully saturated rings. The van der Waals surface area contributed by atoms with Crippen molar-refractivity contribution in [2.75, 3.05) is 11.9 Å². The molecule has 1 aromatic carbocycles. The largest absolute Gasteiger partial charge is 0.330 e. The van der Waals surface area contributed by atoms with Gasteiger partial charge in [0.2, 0.25) is 5.91 Å². The van der Waals surface area contributed by atoms with Crippen LogP contribution in [0.2, 0.25) is 0 Å². The van der Waals surface area contributed by atoms with E-state index in [1.165, 1.54) is 12.1 Å². The maximum atomic E-state index is 12.9. The third-order valence-corrected chi connectivity index (χ3v) is 2.73. The van der Waals surface area contributed by atoms with E-state index in [0.717, 1.165) is 12.0 Å². The number of aryl methyl sites for hydroxylation is 1. The average Bonchev–Trinajstić information content (AvgIpc) is 2.29. The predicted molar refractivity (Wildman–Crippen MR) is 67.2 cm³/mol. The lowest BCUT2D eigenvalue weighted by molar-refractivity contribution is -0.116. The first-order valence-electron chi connectivity index (χ1n) is 5.79. The van der Waals surface area contributed by atoms with Gasteiger partial charge >= 0.3 is 0 Å². The van der Waals surface area contributed by atoms with Crippen molar-refractivity contribution in [1.82, 2.24) is 0 Å². The van der Waals surface area contributed by atoms with E-state index in [0.29, 0.717) is 24.6 Å². The van der Waals surface area contributed by atoms with Crippen LogP contribution < -0.4 is 11.1 Å². The Morgan fingerprint density at radius 2 is 2.24 bits per heavy atom. The summed E-state index contributed by atoms with van der Waals surface area (Å²) in [5.74, 6) is -0.00711. The average molecular weight is 238 g/mol. The maximum Gasteiger partial charge on any atom is 0.224 e. The maximum absolute atomic E-state index is 12.9. The van der Waals surface area contributed by atoms with Crippen molar-refractivity contribution >= 4 is 11.6 Å². The molecule has 1 unspecified atom stereocenters. The summed E-state index contributed by atoms with van der Waals surface area (Å²) in [7, 11) is 0. The molecule has 94 valence electrons. The van der Waals surface area contributed by atoms with Crippen molar-refractivity contribution in [3.8, 4) is 0 Å². The molecule has 3 nitrogen and oxygen atoms in total. The molecule has 0 spiro atoms. The summed E-state index contributed by atoms with van der Waals surface area (Å²) in [5, 5.41) is 2.77. The van der Waals surface area contributed by atoms with Gasteiger partial charge in [0.15, 0.2) is 0 Å². The molecule has 0 aliphatic rings. The molecule has 1 amide bonds. The van der Waals surface area contributed by atoms with Crippen LogP contribution >= 0.6 is 0 Å². The number of hydrogen-bond acceptors (Lipinski definition) is 2. The summed E-state index contributed by atoms with van der Waals surface area (Å²) in [6.45, 7) is 4.36. The van der Waals surface area contributed by atoms with E-state index in [1.54, 1.807) is 13.0 Å². The zero-order chi connectivity index (χ0) is 12.8. The van der Waals surface area contributed by atoms with Crippen molar-refractivity contribution < 1.29 is 9.18 Å². The number of anilines is 1. The molecule has 1 rings (SSSR count). The fourth-order valence-electron chi connectivity index (χ4n) is 1.48. The Bertz CT molecular complexity index is 393. The van der Waals surface area contributed by atoms with Crippen LogP contribution in [0.15, 0.2) is 18.2 Å². The van der Waals surface area contributed by atoms with Crippen LogP contribution in [-0.2, 0) is 4.79 Å². The summed E-state index contributed by atoms with van der Waals surface area (Å²) < 4.78 is 12.9. The van der Waals surface area contributed by atoms with Gasteiger partial charge in [0.1, 0.15) is 5.82 Å². The van der Waals surface area contributed by atoms with E-state index in [9.17, 15) is 9.18 Å². The van der Waals surface area contributed by atoms with Crippen LogP contribution in [0.5, 0.6) is 0 Å². The van der Waals surface area contributed by atoms with Crippen LogP contribution in [0.1, 0.15) is 25.3 Å². The third-order valence-electron chi connectivity index (χ3n) is 2.73. The molecule has 1 aromatic rings. The summed E-state index contributed by atoms with van der Waals surface area (Å²) in [5.41, 5.74) is 6.87. The minimum Gasteiger partial charge on any atom is -0.330 e. The minimum absolute atomic E-state index is 0.0555. The smallest absolute Gasteiger partial charge is 0.224 e. The highest BCUT2D eigenvalue weighted by molar-refractivity contribution is 5.91. The van der Waals surface area contributed by atoms with Crippen molar-refractivity contribution in [1.29, 1.82) is 0 Å². The number of carbonyl (C=O) groups is 1. The highest BCUT2D eigenvalue weighted by Crippen LogP contribution is 2.16. The van der Waals surface area contributed by atoms with Gasteiger partial charge in [0.25, 0.3) is 0 Å². The lowest BCUT2D eigenvalue weighted by Crippen LogP contribution is -2.16. The molecular formula is C13H19FN2O. The number of rotatable bonds is 5. The summed E-state index contributed by atoms with van der Waals surface area (Å²) in [6, 6.07) is 4.32. The Morgan fingerprint density at radius 1 is 1.53 bits per heavy atom. The number of hydrogen-bond donors (Lipinski definition) is 2. The summed E-state index contributed by atoms with van der Waals surface area (Å²) >= 11 is 0. The molecule has 0 aromatic heterocycles. The number of amides is 1. The van der Waals surface area contributed by atoms with Gasteiger partial charge < -0.3 is 11.1 Å². The zero-order valence-corrected chi connectivity index (χ0v) is 10.3. The zero-order valence-electron chi connectivity index (χ0n) is 10.3. The van der Waals surface area contributed by atoms with Crippen molar-refractivity contribution in [2.24, 2.45) is 11.7 Å². The van der Waals surface area contributed by atoms with Gasteiger partial charge in [0, 0.05) is 12.1 Å². The standard InChI is InChI=1S/C13H19FN2O/c1-9(8-15)3-6-13(17)16-12-5-4-11(14)7-10(12)2/h4-5,7,9H,3,6,8,15H2,1-2H3,(H,16,17). The van der Waals surface area contributed by atoms with Gasteiger partial charge in [-0.25, -0.2) is 4.39 Å². The van der Waals surface area contributed by atoms with Gasteiger partial charge in [-0.15, -0.1) is 0 Å². The summed E-state index contributed by atoms with van der Waals surface area (Å²) in [6.07, 6.45) is 1.21. The first-order valence-corrected chi connectivity index (χ1v) is 5.79. The highest BCUT2D eigenvalue weighted by Gasteiger charge is 2.07. The van der Waals surface area contributed by atoms with Gasteiger partial charge in [-0.05, 0) is 49.6 Å². The van der Waals surface area contributed by atoms with Crippen molar-refractivity contribution in [2.45, 2.75) is 26.7 Å². The molecule has 0 saturated heterocycles. The topological polar surface area (TPSA) is 55.1 Å². The Balaban J connectivity index is 2.50. The molecular weight excluding hydrogens is 219 g/mol. The normalized spacial score (nSPS) is 12.2. The fraction of sp³-hybridized carbons (Fsp3) is 0.462. The van der Waals surface area contributed by atoms with Gasteiger partial charge in [-0.1, -0.05) is 6.92 Å².